The zero-order valence-electron chi connectivity index (χ0n) is 11.1. The van der Waals surface area contributed by atoms with Crippen molar-refractivity contribution in [3.05, 3.63) is 0 Å². The van der Waals surface area contributed by atoms with Crippen LogP contribution in [0, 0.1) is 5.41 Å². The maximum absolute atomic E-state index is 11.7. The quantitative estimate of drug-likeness (QED) is 0.735. The Kier molecular flexibility index (Phi) is 4.14. The van der Waals surface area contributed by atoms with Gasteiger partial charge < -0.3 is 16.0 Å². The van der Waals surface area contributed by atoms with Crippen molar-refractivity contribution < 1.29 is 9.59 Å². The van der Waals surface area contributed by atoms with Crippen molar-refractivity contribution in [3.8, 4) is 0 Å². The minimum absolute atomic E-state index is 0.0114. The Bertz CT molecular complexity index is 309. The highest BCUT2D eigenvalue weighted by atomic mass is 16.2. The molecule has 2 atom stereocenters. The first-order valence-electron chi connectivity index (χ1n) is 6.01. The maximum Gasteiger partial charge on any atom is 0.244 e. The van der Waals surface area contributed by atoms with Gasteiger partial charge in [0.15, 0.2) is 0 Å². The van der Waals surface area contributed by atoms with Crippen LogP contribution in [0.3, 0.4) is 0 Å². The summed E-state index contributed by atoms with van der Waals surface area (Å²) >= 11 is 0. The second kappa shape index (κ2) is 5.04. The van der Waals surface area contributed by atoms with Crippen LogP contribution in [0.5, 0.6) is 0 Å². The van der Waals surface area contributed by atoms with E-state index in [2.05, 4.69) is 5.32 Å². The van der Waals surface area contributed by atoms with Crippen LogP contribution >= 0.6 is 0 Å². The number of nitrogens with two attached hydrogens (primary N) is 1. The van der Waals surface area contributed by atoms with Crippen LogP contribution < -0.4 is 11.1 Å². The topological polar surface area (TPSA) is 75.4 Å². The van der Waals surface area contributed by atoms with Gasteiger partial charge in [0.25, 0.3) is 0 Å². The minimum Gasteiger partial charge on any atom is -0.344 e. The molecular formula is C12H23N3O2. The lowest BCUT2D eigenvalue weighted by Crippen LogP contribution is -2.45. The third kappa shape index (κ3) is 3.70. The van der Waals surface area contributed by atoms with E-state index in [1.165, 1.54) is 0 Å². The molecule has 98 valence electrons. The van der Waals surface area contributed by atoms with E-state index < -0.39 is 0 Å². The molecule has 0 bridgehead atoms. The molecule has 1 saturated heterocycles. The van der Waals surface area contributed by atoms with E-state index in [1.807, 2.05) is 20.8 Å². The monoisotopic (exact) mass is 241 g/mol. The third-order valence-corrected chi connectivity index (χ3v) is 3.28. The summed E-state index contributed by atoms with van der Waals surface area (Å²) in [6, 6.07) is -0.559. The fraction of sp³-hybridized carbons (Fsp3) is 0.833. The lowest BCUT2D eigenvalue weighted by molar-refractivity contribution is -0.132. The van der Waals surface area contributed by atoms with Gasteiger partial charge in [0.2, 0.25) is 11.8 Å². The molecule has 0 aromatic carbocycles. The van der Waals surface area contributed by atoms with Gasteiger partial charge in [0, 0.05) is 26.1 Å². The predicted molar refractivity (Wildman–Crippen MR) is 66.2 cm³/mol. The fourth-order valence-electron chi connectivity index (χ4n) is 1.72. The number of amides is 2. The van der Waals surface area contributed by atoms with Gasteiger partial charge in [-0.3, -0.25) is 9.59 Å². The Morgan fingerprint density at radius 3 is 2.59 bits per heavy atom. The van der Waals surface area contributed by atoms with E-state index in [-0.39, 0.29) is 35.7 Å². The first-order chi connectivity index (χ1) is 7.71. The molecule has 2 unspecified atom stereocenters. The molecule has 0 radical (unpaired) electrons. The van der Waals surface area contributed by atoms with Gasteiger partial charge in [-0.05, 0) is 11.8 Å². The summed E-state index contributed by atoms with van der Waals surface area (Å²) in [5.41, 5.74) is 5.83. The number of rotatable bonds is 3. The van der Waals surface area contributed by atoms with Crippen LogP contribution in [0.1, 0.15) is 33.6 Å². The van der Waals surface area contributed by atoms with E-state index in [4.69, 9.17) is 5.73 Å². The van der Waals surface area contributed by atoms with Crippen molar-refractivity contribution in [1.82, 2.24) is 10.2 Å². The zero-order chi connectivity index (χ0) is 13.2. The molecule has 3 N–H and O–H groups in total. The van der Waals surface area contributed by atoms with E-state index >= 15 is 0 Å². The van der Waals surface area contributed by atoms with Crippen molar-refractivity contribution in [2.24, 2.45) is 11.1 Å². The van der Waals surface area contributed by atoms with Crippen LogP contribution in [0.25, 0.3) is 0 Å². The number of carbonyl (C=O) groups is 2. The van der Waals surface area contributed by atoms with E-state index in [0.29, 0.717) is 13.0 Å². The van der Waals surface area contributed by atoms with Crippen molar-refractivity contribution >= 4 is 11.8 Å². The van der Waals surface area contributed by atoms with Crippen molar-refractivity contribution in [2.45, 2.75) is 45.7 Å². The van der Waals surface area contributed by atoms with Crippen molar-refractivity contribution in [2.75, 3.05) is 13.6 Å². The van der Waals surface area contributed by atoms with Crippen molar-refractivity contribution in [1.29, 1.82) is 0 Å². The average Bonchev–Trinajstić information content (AvgIpc) is 2.48. The molecule has 17 heavy (non-hydrogen) atoms. The molecule has 0 aromatic heterocycles. The molecule has 1 heterocycles. The smallest absolute Gasteiger partial charge is 0.244 e. The number of likely N-dealkylation sites (tertiary alicyclic amines) is 1. The number of nitrogens with zero attached hydrogens (tertiary/aromatic N) is 1. The highest BCUT2D eigenvalue weighted by Crippen LogP contribution is 2.19. The summed E-state index contributed by atoms with van der Waals surface area (Å²) in [4.78, 5) is 25.0. The van der Waals surface area contributed by atoms with Gasteiger partial charge in [-0.25, -0.2) is 0 Å². The Morgan fingerprint density at radius 1 is 1.59 bits per heavy atom. The minimum atomic E-state index is -0.361. The molecule has 1 aliphatic rings. The van der Waals surface area contributed by atoms with Crippen LogP contribution in [-0.2, 0) is 9.59 Å². The lowest BCUT2D eigenvalue weighted by Gasteiger charge is -2.26. The van der Waals surface area contributed by atoms with Crippen LogP contribution in [-0.4, -0.2) is 42.4 Å². The van der Waals surface area contributed by atoms with E-state index in [1.54, 1.807) is 11.9 Å². The number of nitrogens with one attached hydrogen (secondary N) is 1. The van der Waals surface area contributed by atoms with E-state index in [9.17, 15) is 9.59 Å². The summed E-state index contributed by atoms with van der Waals surface area (Å²) in [6.07, 6.45) is 0.947. The number of hydrogen-bond acceptors (Lipinski definition) is 3. The summed E-state index contributed by atoms with van der Waals surface area (Å²) in [7, 11) is 1.75. The zero-order valence-corrected chi connectivity index (χ0v) is 11.1. The van der Waals surface area contributed by atoms with Gasteiger partial charge in [0.1, 0.15) is 6.04 Å². The van der Waals surface area contributed by atoms with Gasteiger partial charge >= 0.3 is 0 Å². The first-order valence-corrected chi connectivity index (χ1v) is 6.01. The molecular weight excluding hydrogens is 218 g/mol. The first kappa shape index (κ1) is 14.0. The molecule has 1 rings (SSSR count). The summed E-state index contributed by atoms with van der Waals surface area (Å²) in [5.74, 6) is -0.149. The number of likely N-dealkylation sites (N-methyl/N-ethyl adjacent to an activating group) is 1. The molecule has 5 nitrogen and oxygen atoms in total. The number of hydrogen-bond donors (Lipinski definition) is 2. The van der Waals surface area contributed by atoms with Gasteiger partial charge in [-0.1, -0.05) is 20.8 Å². The van der Waals surface area contributed by atoms with E-state index in [0.717, 1.165) is 0 Å². The average molecular weight is 241 g/mol. The molecule has 0 aliphatic carbocycles. The summed E-state index contributed by atoms with van der Waals surface area (Å²) in [5, 5.41) is 2.75. The molecule has 5 heteroatoms. The maximum atomic E-state index is 11.7. The Morgan fingerprint density at radius 2 is 2.18 bits per heavy atom. The fourth-order valence-corrected chi connectivity index (χ4v) is 1.72. The Balaban J connectivity index is 2.43. The molecule has 0 aromatic rings. The molecule has 0 saturated carbocycles. The number of carbonyl (C=O) groups excluding carboxylic acids is 2. The highest BCUT2D eigenvalue weighted by Gasteiger charge is 2.31. The molecule has 1 aliphatic heterocycles. The Hall–Kier alpha value is -1.10. The van der Waals surface area contributed by atoms with Crippen LogP contribution in [0.15, 0.2) is 0 Å². The normalized spacial score (nSPS) is 22.8. The van der Waals surface area contributed by atoms with Gasteiger partial charge in [-0.2, -0.15) is 0 Å². The third-order valence-electron chi connectivity index (χ3n) is 3.28. The van der Waals surface area contributed by atoms with Gasteiger partial charge in [0.05, 0.1) is 0 Å². The Labute approximate surface area is 103 Å². The predicted octanol–water partition coefficient (Wildman–Crippen LogP) is 0.0968. The molecule has 0 spiro atoms. The molecule has 2 amide bonds. The van der Waals surface area contributed by atoms with Crippen LogP contribution in [0.2, 0.25) is 0 Å². The second-order valence-electron chi connectivity index (χ2n) is 5.85. The molecule has 1 fully saturated rings. The SMILES string of the molecule is CN1CCC(NC(=O)CC(N)C(C)(C)C)C1=O. The summed E-state index contributed by atoms with van der Waals surface area (Å²) in [6.45, 7) is 6.70. The largest absolute Gasteiger partial charge is 0.344 e. The standard InChI is InChI=1S/C12H23N3O2/c1-12(2,3)9(13)7-10(16)14-8-5-6-15(4)11(8)17/h8-9H,5-7,13H2,1-4H3,(H,14,16). The van der Waals surface area contributed by atoms with Crippen LogP contribution in [0.4, 0.5) is 0 Å². The lowest BCUT2D eigenvalue weighted by atomic mass is 9.85. The second-order valence-corrected chi connectivity index (χ2v) is 5.85. The summed E-state index contributed by atoms with van der Waals surface area (Å²) < 4.78 is 0. The van der Waals surface area contributed by atoms with Gasteiger partial charge in [-0.15, -0.1) is 0 Å². The highest BCUT2D eigenvalue weighted by molar-refractivity contribution is 5.89. The van der Waals surface area contributed by atoms with Crippen molar-refractivity contribution in [3.63, 3.8) is 0 Å².